The summed E-state index contributed by atoms with van der Waals surface area (Å²) >= 11 is 11.3. The van der Waals surface area contributed by atoms with Crippen LogP contribution >= 0.6 is 23.8 Å². The first kappa shape index (κ1) is 16.6. The summed E-state index contributed by atoms with van der Waals surface area (Å²) in [6, 6.07) is 5.35. The third-order valence-corrected chi connectivity index (χ3v) is 3.50. The molecule has 0 fully saturated rings. The van der Waals surface area contributed by atoms with Gasteiger partial charge in [0.25, 0.3) is 0 Å². The molecule has 0 saturated heterocycles. The van der Waals surface area contributed by atoms with E-state index in [2.05, 4.69) is 15.7 Å². The summed E-state index contributed by atoms with van der Waals surface area (Å²) in [6.45, 7) is 3.64. The van der Waals surface area contributed by atoms with Gasteiger partial charge >= 0.3 is 0 Å². The van der Waals surface area contributed by atoms with Gasteiger partial charge in [0.05, 0.1) is 19.0 Å². The highest BCUT2D eigenvalue weighted by atomic mass is 35.5. The molecule has 0 aliphatic carbocycles. The quantitative estimate of drug-likeness (QED) is 0.625. The first-order valence-electron chi connectivity index (χ1n) is 6.96. The first-order valence-corrected chi connectivity index (χ1v) is 7.74. The zero-order chi connectivity index (χ0) is 15.9. The van der Waals surface area contributed by atoms with Crippen molar-refractivity contribution in [3.8, 4) is 5.75 Å². The van der Waals surface area contributed by atoms with E-state index >= 15 is 0 Å². The zero-order valence-corrected chi connectivity index (χ0v) is 14.2. The number of nitrogens with zero attached hydrogens (tertiary/aromatic N) is 2. The first-order chi connectivity index (χ1) is 10.6. The Morgan fingerprint density at radius 1 is 1.45 bits per heavy atom. The minimum Gasteiger partial charge on any atom is -0.495 e. The number of aryl methyl sites for hydroxylation is 2. The summed E-state index contributed by atoms with van der Waals surface area (Å²) in [5, 5.41) is 11.7. The number of nitrogens with one attached hydrogen (secondary N) is 2. The third kappa shape index (κ3) is 4.89. The van der Waals surface area contributed by atoms with Crippen molar-refractivity contribution in [2.24, 2.45) is 0 Å². The molecule has 118 valence electrons. The topological polar surface area (TPSA) is 51.1 Å². The van der Waals surface area contributed by atoms with E-state index in [1.807, 2.05) is 24.0 Å². The fourth-order valence-corrected chi connectivity index (χ4v) is 2.36. The van der Waals surface area contributed by atoms with E-state index in [-0.39, 0.29) is 0 Å². The van der Waals surface area contributed by atoms with Crippen molar-refractivity contribution in [2.75, 3.05) is 19.0 Å². The molecule has 1 aromatic carbocycles. The van der Waals surface area contributed by atoms with Crippen molar-refractivity contribution >= 4 is 34.6 Å². The van der Waals surface area contributed by atoms with Gasteiger partial charge in [-0.05, 0) is 49.3 Å². The Morgan fingerprint density at radius 3 is 2.95 bits per heavy atom. The van der Waals surface area contributed by atoms with Crippen LogP contribution in [0.25, 0.3) is 0 Å². The summed E-state index contributed by atoms with van der Waals surface area (Å²) < 4.78 is 7.19. The summed E-state index contributed by atoms with van der Waals surface area (Å²) in [5.74, 6) is 0.695. The van der Waals surface area contributed by atoms with Crippen LogP contribution in [-0.4, -0.2) is 28.5 Å². The van der Waals surface area contributed by atoms with Gasteiger partial charge in [0, 0.05) is 24.3 Å². The monoisotopic (exact) mass is 338 g/mol. The molecular weight excluding hydrogens is 320 g/mol. The Kier molecular flexibility index (Phi) is 6.03. The van der Waals surface area contributed by atoms with E-state index in [4.69, 9.17) is 28.6 Å². The number of aromatic nitrogens is 2. The van der Waals surface area contributed by atoms with E-state index in [1.54, 1.807) is 25.3 Å². The second-order valence-corrected chi connectivity index (χ2v) is 5.70. The van der Waals surface area contributed by atoms with Crippen LogP contribution in [0.1, 0.15) is 12.0 Å². The summed E-state index contributed by atoms with van der Waals surface area (Å²) in [7, 11) is 1.61. The molecule has 0 aliphatic rings. The standard InChI is InChI=1S/C15H19ClN4OS/c1-11-9-18-20(10-11)7-3-6-17-15(22)19-13-8-12(16)4-5-14(13)21-2/h4-5,8-10H,3,6-7H2,1-2H3,(H2,17,19,22). The minimum atomic E-state index is 0.539. The maximum absolute atomic E-state index is 5.98. The summed E-state index contributed by atoms with van der Waals surface area (Å²) in [5.41, 5.74) is 1.91. The Labute approximate surface area is 140 Å². The molecule has 0 amide bonds. The van der Waals surface area contributed by atoms with Crippen LogP contribution < -0.4 is 15.4 Å². The van der Waals surface area contributed by atoms with Crippen LogP contribution in [0, 0.1) is 6.92 Å². The highest BCUT2D eigenvalue weighted by molar-refractivity contribution is 7.80. The van der Waals surface area contributed by atoms with Crippen LogP contribution in [0.5, 0.6) is 5.75 Å². The molecule has 0 radical (unpaired) electrons. The summed E-state index contributed by atoms with van der Waals surface area (Å²) in [4.78, 5) is 0. The normalized spacial score (nSPS) is 10.3. The number of ether oxygens (including phenoxy) is 1. The van der Waals surface area contributed by atoms with Crippen molar-refractivity contribution in [2.45, 2.75) is 19.9 Å². The van der Waals surface area contributed by atoms with Crippen molar-refractivity contribution in [1.29, 1.82) is 0 Å². The number of methoxy groups -OCH3 is 1. The summed E-state index contributed by atoms with van der Waals surface area (Å²) in [6.07, 6.45) is 4.80. The lowest BCUT2D eigenvalue weighted by molar-refractivity contribution is 0.417. The average molecular weight is 339 g/mol. The number of hydrogen-bond acceptors (Lipinski definition) is 3. The van der Waals surface area contributed by atoms with Gasteiger partial charge in [0.15, 0.2) is 5.11 Å². The fourth-order valence-electron chi connectivity index (χ4n) is 1.98. The number of rotatable bonds is 6. The highest BCUT2D eigenvalue weighted by Crippen LogP contribution is 2.27. The lowest BCUT2D eigenvalue weighted by Gasteiger charge is -2.13. The van der Waals surface area contributed by atoms with E-state index < -0.39 is 0 Å². The molecule has 22 heavy (non-hydrogen) atoms. The van der Waals surface area contributed by atoms with Crippen LogP contribution in [0.3, 0.4) is 0 Å². The van der Waals surface area contributed by atoms with Crippen molar-refractivity contribution in [3.63, 3.8) is 0 Å². The second-order valence-electron chi connectivity index (χ2n) is 4.86. The van der Waals surface area contributed by atoms with Crippen molar-refractivity contribution < 1.29 is 4.74 Å². The predicted molar refractivity (Wildman–Crippen MR) is 93.8 cm³/mol. The largest absolute Gasteiger partial charge is 0.495 e. The maximum Gasteiger partial charge on any atom is 0.170 e. The van der Waals surface area contributed by atoms with Crippen molar-refractivity contribution in [1.82, 2.24) is 15.1 Å². The van der Waals surface area contributed by atoms with E-state index in [1.165, 1.54) is 0 Å². The molecule has 1 aromatic heterocycles. The molecule has 2 rings (SSSR count). The maximum atomic E-state index is 5.98. The predicted octanol–water partition coefficient (Wildman–Crippen LogP) is 3.23. The van der Waals surface area contributed by atoms with Crippen LogP contribution in [0.2, 0.25) is 5.02 Å². The molecule has 0 spiro atoms. The molecule has 1 heterocycles. The number of benzene rings is 1. The molecule has 0 saturated carbocycles. The Hall–Kier alpha value is -1.79. The Balaban J connectivity index is 1.77. The van der Waals surface area contributed by atoms with Gasteiger partial charge in [0.2, 0.25) is 0 Å². The van der Waals surface area contributed by atoms with Crippen LogP contribution in [0.4, 0.5) is 5.69 Å². The van der Waals surface area contributed by atoms with Gasteiger partial charge in [-0.2, -0.15) is 5.10 Å². The lowest BCUT2D eigenvalue weighted by Crippen LogP contribution is -2.30. The molecule has 7 heteroatoms. The fraction of sp³-hybridized carbons (Fsp3) is 0.333. The molecule has 2 aromatic rings. The van der Waals surface area contributed by atoms with E-state index in [0.29, 0.717) is 15.9 Å². The Morgan fingerprint density at radius 2 is 2.27 bits per heavy atom. The van der Waals surface area contributed by atoms with Crippen molar-refractivity contribution in [3.05, 3.63) is 41.2 Å². The average Bonchev–Trinajstić information content (AvgIpc) is 2.89. The van der Waals surface area contributed by atoms with Crippen LogP contribution in [-0.2, 0) is 6.54 Å². The number of thiocarbonyl (C=S) groups is 1. The van der Waals surface area contributed by atoms with E-state index in [9.17, 15) is 0 Å². The van der Waals surface area contributed by atoms with E-state index in [0.717, 1.165) is 30.8 Å². The molecule has 0 aliphatic heterocycles. The van der Waals surface area contributed by atoms with Gasteiger partial charge in [-0.25, -0.2) is 0 Å². The number of anilines is 1. The van der Waals surface area contributed by atoms with Crippen LogP contribution in [0.15, 0.2) is 30.6 Å². The van der Waals surface area contributed by atoms with Gasteiger partial charge < -0.3 is 15.4 Å². The highest BCUT2D eigenvalue weighted by Gasteiger charge is 2.05. The van der Waals surface area contributed by atoms with Gasteiger partial charge in [0.1, 0.15) is 5.75 Å². The number of hydrogen-bond donors (Lipinski definition) is 2. The smallest absolute Gasteiger partial charge is 0.170 e. The third-order valence-electron chi connectivity index (χ3n) is 3.02. The molecule has 5 nitrogen and oxygen atoms in total. The molecule has 0 bridgehead atoms. The second kappa shape index (κ2) is 8.00. The zero-order valence-electron chi connectivity index (χ0n) is 12.6. The molecular formula is C15H19ClN4OS. The lowest BCUT2D eigenvalue weighted by atomic mass is 10.3. The minimum absolute atomic E-state index is 0.539. The van der Waals surface area contributed by atoms with Gasteiger partial charge in [-0.1, -0.05) is 11.6 Å². The van der Waals surface area contributed by atoms with Gasteiger partial charge in [-0.3, -0.25) is 4.68 Å². The molecule has 0 unspecified atom stereocenters. The number of halogens is 1. The molecule has 2 N–H and O–H groups in total. The SMILES string of the molecule is COc1ccc(Cl)cc1NC(=S)NCCCn1cc(C)cn1. The Bertz CT molecular complexity index is 644. The van der Waals surface area contributed by atoms with Gasteiger partial charge in [-0.15, -0.1) is 0 Å². The molecule has 0 atom stereocenters.